The van der Waals surface area contributed by atoms with Gasteiger partial charge in [-0.05, 0) is 44.4 Å². The van der Waals surface area contributed by atoms with Crippen LogP contribution in [0.1, 0.15) is 37.8 Å². The second-order valence-corrected chi connectivity index (χ2v) is 11.4. The predicted molar refractivity (Wildman–Crippen MR) is 162 cm³/mol. The lowest BCUT2D eigenvalue weighted by Crippen LogP contribution is -2.41. The molecular weight excluding hydrogens is 569 g/mol. The van der Waals surface area contributed by atoms with Crippen LogP contribution >= 0.6 is 23.2 Å². The highest BCUT2D eigenvalue weighted by Crippen LogP contribution is 2.45. The minimum Gasteiger partial charge on any atom is -0.495 e. The maximum atomic E-state index is 11.9. The van der Waals surface area contributed by atoms with Crippen LogP contribution in [0.4, 0.5) is 11.8 Å². The Balaban J connectivity index is 1.59. The Labute approximate surface area is 250 Å². The topological polar surface area (TPSA) is 109 Å². The summed E-state index contributed by atoms with van der Waals surface area (Å²) in [6.45, 7) is 10.0. The van der Waals surface area contributed by atoms with E-state index in [0.29, 0.717) is 65.8 Å². The number of piperidine rings is 1. The van der Waals surface area contributed by atoms with Crippen molar-refractivity contribution in [2.75, 3.05) is 63.8 Å². The molecule has 41 heavy (non-hydrogen) atoms. The van der Waals surface area contributed by atoms with Crippen LogP contribution in [-0.2, 0) is 9.53 Å². The number of aliphatic hydroxyl groups is 1. The zero-order chi connectivity index (χ0) is 29.7. The molecule has 1 amide bonds. The third kappa shape index (κ3) is 7.43. The summed E-state index contributed by atoms with van der Waals surface area (Å²) < 4.78 is 17.2. The molecule has 2 aliphatic heterocycles. The first kappa shape index (κ1) is 30.9. The van der Waals surface area contributed by atoms with E-state index in [2.05, 4.69) is 21.8 Å². The average Bonchev–Trinajstić information content (AvgIpc) is 2.96. The molecule has 222 valence electrons. The van der Waals surface area contributed by atoms with Gasteiger partial charge in [0, 0.05) is 56.1 Å². The SMILES string of the molecule is C=CC(=O)N1CCC(OCCN2CC(c3c(Cl)c(OC)cc(OC)c3Cl)=Cc3cnc(NCC(C)(C)O)nc32)CC1. The lowest BCUT2D eigenvalue weighted by molar-refractivity contribution is -0.128. The number of rotatable bonds is 11. The van der Waals surface area contributed by atoms with Gasteiger partial charge in [0.1, 0.15) is 17.3 Å². The number of fused-ring (bicyclic) bond motifs is 1. The van der Waals surface area contributed by atoms with Crippen LogP contribution in [0.15, 0.2) is 24.9 Å². The molecule has 0 aliphatic carbocycles. The molecule has 0 atom stereocenters. The zero-order valence-corrected chi connectivity index (χ0v) is 25.4. The molecule has 12 heteroatoms. The number of aromatic nitrogens is 2. The number of nitrogens with zero attached hydrogens (tertiary/aromatic N) is 4. The Morgan fingerprint density at radius 3 is 2.46 bits per heavy atom. The molecule has 0 spiro atoms. The molecule has 2 aromatic rings. The van der Waals surface area contributed by atoms with Crippen LogP contribution in [0.3, 0.4) is 0 Å². The van der Waals surface area contributed by atoms with E-state index in [1.54, 1.807) is 45.2 Å². The summed E-state index contributed by atoms with van der Waals surface area (Å²) in [6.07, 6.45) is 6.64. The standard InChI is InChI=1S/C29H37Cl2N5O5/c1-6-23(37)35-9-7-20(8-10-35)41-12-11-36-16-19(24-25(30)21(39-4)14-22(40-5)26(24)31)13-18-15-32-28(34-27(18)36)33-17-29(2,3)38/h6,13-15,20,38H,1,7-12,16-17H2,2-5H3,(H,32,33,34). The van der Waals surface area contributed by atoms with Crippen LogP contribution in [0, 0.1) is 0 Å². The van der Waals surface area contributed by atoms with Gasteiger partial charge < -0.3 is 34.4 Å². The monoisotopic (exact) mass is 605 g/mol. The van der Waals surface area contributed by atoms with Gasteiger partial charge in [-0.15, -0.1) is 0 Å². The van der Waals surface area contributed by atoms with Gasteiger partial charge in [0.05, 0.1) is 42.6 Å². The largest absolute Gasteiger partial charge is 0.495 e. The number of hydrogen-bond acceptors (Lipinski definition) is 9. The summed E-state index contributed by atoms with van der Waals surface area (Å²) in [5, 5.41) is 14.0. The predicted octanol–water partition coefficient (Wildman–Crippen LogP) is 4.54. The average molecular weight is 607 g/mol. The number of nitrogens with one attached hydrogen (secondary N) is 1. The van der Waals surface area contributed by atoms with Gasteiger partial charge in [0.25, 0.3) is 0 Å². The first-order valence-corrected chi connectivity index (χ1v) is 14.2. The summed E-state index contributed by atoms with van der Waals surface area (Å²) >= 11 is 13.5. The first-order chi connectivity index (χ1) is 19.5. The van der Waals surface area contributed by atoms with Crippen molar-refractivity contribution in [1.29, 1.82) is 0 Å². The summed E-state index contributed by atoms with van der Waals surface area (Å²) in [6, 6.07) is 1.66. The van der Waals surface area contributed by atoms with Gasteiger partial charge in [-0.25, -0.2) is 4.98 Å². The molecule has 1 fully saturated rings. The van der Waals surface area contributed by atoms with Crippen molar-refractivity contribution in [3.63, 3.8) is 0 Å². The molecule has 1 aromatic carbocycles. The fourth-order valence-corrected chi connectivity index (χ4v) is 5.58. The van der Waals surface area contributed by atoms with Gasteiger partial charge in [-0.2, -0.15) is 4.98 Å². The van der Waals surface area contributed by atoms with E-state index in [1.165, 1.54) is 6.08 Å². The highest BCUT2D eigenvalue weighted by Gasteiger charge is 2.28. The normalized spacial score (nSPS) is 15.7. The number of likely N-dealkylation sites (tertiary alicyclic amines) is 1. The molecule has 4 rings (SSSR count). The number of hydrogen-bond donors (Lipinski definition) is 2. The second kappa shape index (κ2) is 13.3. The highest BCUT2D eigenvalue weighted by atomic mass is 35.5. The summed E-state index contributed by atoms with van der Waals surface area (Å²) in [5.74, 6) is 1.99. The van der Waals surface area contributed by atoms with Gasteiger partial charge in [0.15, 0.2) is 0 Å². The van der Waals surface area contributed by atoms with Crippen molar-refractivity contribution in [2.45, 2.75) is 38.4 Å². The number of halogens is 2. The van der Waals surface area contributed by atoms with Crippen molar-refractivity contribution in [3.8, 4) is 11.5 Å². The highest BCUT2D eigenvalue weighted by molar-refractivity contribution is 6.39. The molecule has 2 N–H and O–H groups in total. The summed E-state index contributed by atoms with van der Waals surface area (Å²) in [5.41, 5.74) is 1.32. The molecule has 0 saturated carbocycles. The fourth-order valence-electron chi connectivity index (χ4n) is 4.84. The first-order valence-electron chi connectivity index (χ1n) is 13.5. The Morgan fingerprint density at radius 1 is 1.22 bits per heavy atom. The minimum absolute atomic E-state index is 0.0483. The number of amides is 1. The number of anilines is 2. The quantitative estimate of drug-likeness (QED) is 0.357. The Morgan fingerprint density at radius 2 is 1.88 bits per heavy atom. The van der Waals surface area contributed by atoms with Crippen molar-refractivity contribution < 1.29 is 24.1 Å². The molecule has 0 unspecified atom stereocenters. The maximum Gasteiger partial charge on any atom is 0.245 e. The lowest BCUT2D eigenvalue weighted by atomic mass is 9.98. The van der Waals surface area contributed by atoms with Gasteiger partial charge in [0.2, 0.25) is 11.9 Å². The third-order valence-electron chi connectivity index (χ3n) is 7.00. The van der Waals surface area contributed by atoms with E-state index in [4.69, 9.17) is 42.4 Å². The Hall–Kier alpha value is -3.05. The van der Waals surface area contributed by atoms with E-state index in [-0.39, 0.29) is 18.6 Å². The van der Waals surface area contributed by atoms with E-state index < -0.39 is 5.60 Å². The number of ether oxygens (including phenoxy) is 3. The molecule has 0 radical (unpaired) electrons. The zero-order valence-electron chi connectivity index (χ0n) is 23.9. The summed E-state index contributed by atoms with van der Waals surface area (Å²) in [4.78, 5) is 25.0. The van der Waals surface area contributed by atoms with Crippen molar-refractivity contribution in [3.05, 3.63) is 46.1 Å². The molecule has 1 saturated heterocycles. The third-order valence-corrected chi connectivity index (χ3v) is 7.75. The van der Waals surface area contributed by atoms with E-state index >= 15 is 0 Å². The van der Waals surface area contributed by atoms with E-state index in [9.17, 15) is 9.90 Å². The molecular formula is C29H37Cl2N5O5. The molecule has 1 aromatic heterocycles. The smallest absolute Gasteiger partial charge is 0.245 e. The Bertz CT molecular complexity index is 1280. The van der Waals surface area contributed by atoms with Crippen LogP contribution in [0.25, 0.3) is 11.6 Å². The van der Waals surface area contributed by atoms with Crippen LogP contribution < -0.4 is 19.7 Å². The fraction of sp³-hybridized carbons (Fsp3) is 0.483. The molecule has 0 bridgehead atoms. The number of methoxy groups -OCH3 is 2. The molecule has 10 nitrogen and oxygen atoms in total. The maximum absolute atomic E-state index is 11.9. The van der Waals surface area contributed by atoms with Crippen LogP contribution in [0.5, 0.6) is 11.5 Å². The number of benzene rings is 1. The van der Waals surface area contributed by atoms with Crippen molar-refractivity contribution in [1.82, 2.24) is 14.9 Å². The van der Waals surface area contributed by atoms with Crippen molar-refractivity contribution in [2.24, 2.45) is 0 Å². The van der Waals surface area contributed by atoms with Crippen LogP contribution in [0.2, 0.25) is 10.0 Å². The molecule has 2 aliphatic rings. The number of carbonyl (C=O) groups excluding carboxylic acids is 1. The van der Waals surface area contributed by atoms with Gasteiger partial charge in [-0.3, -0.25) is 4.79 Å². The van der Waals surface area contributed by atoms with Gasteiger partial charge in [-0.1, -0.05) is 29.8 Å². The molecule has 3 heterocycles. The lowest BCUT2D eigenvalue weighted by Gasteiger charge is -2.33. The van der Waals surface area contributed by atoms with Gasteiger partial charge >= 0.3 is 0 Å². The van der Waals surface area contributed by atoms with E-state index in [0.717, 1.165) is 29.8 Å². The number of carbonyl (C=O) groups is 1. The Kier molecular flexibility index (Phi) is 10.0. The minimum atomic E-state index is -0.926. The second-order valence-electron chi connectivity index (χ2n) is 10.6. The van der Waals surface area contributed by atoms with Crippen LogP contribution in [-0.4, -0.2) is 91.1 Å². The van der Waals surface area contributed by atoms with E-state index in [1.807, 2.05) is 6.08 Å². The summed E-state index contributed by atoms with van der Waals surface area (Å²) in [7, 11) is 3.08. The van der Waals surface area contributed by atoms with Crippen molar-refractivity contribution >= 4 is 52.5 Å².